The van der Waals surface area contributed by atoms with E-state index in [1.165, 1.54) is 11.1 Å². The Balaban J connectivity index is 2.41. The molecule has 0 atom stereocenters. The second-order valence-electron chi connectivity index (χ2n) is 4.41. The molecule has 1 aliphatic carbocycles. The summed E-state index contributed by atoms with van der Waals surface area (Å²) in [6, 6.07) is 6.39. The van der Waals surface area contributed by atoms with E-state index in [-0.39, 0.29) is 0 Å². The van der Waals surface area contributed by atoms with Gasteiger partial charge in [0.15, 0.2) is 0 Å². The Labute approximate surface area is 108 Å². The van der Waals surface area contributed by atoms with E-state index >= 15 is 0 Å². The molecule has 1 aliphatic rings. The first-order chi connectivity index (χ1) is 8.72. The van der Waals surface area contributed by atoms with Gasteiger partial charge in [-0.2, -0.15) is 0 Å². The zero-order valence-electron chi connectivity index (χ0n) is 11.1. The molecular weight excluding hydrogens is 224 g/mol. The Bertz CT molecular complexity index is 513. The molecule has 18 heavy (non-hydrogen) atoms. The van der Waals surface area contributed by atoms with Crippen LogP contribution in [0.1, 0.15) is 17.5 Å². The van der Waals surface area contributed by atoms with Crippen LogP contribution in [0.4, 0.5) is 5.69 Å². The van der Waals surface area contributed by atoms with Crippen molar-refractivity contribution in [1.82, 2.24) is 0 Å². The molecule has 0 unspecified atom stereocenters. The predicted octanol–water partition coefficient (Wildman–Crippen LogP) is 3.08. The second-order valence-corrected chi connectivity index (χ2v) is 4.41. The molecule has 0 saturated carbocycles. The third-order valence-electron chi connectivity index (χ3n) is 2.97. The monoisotopic (exact) mass is 242 g/mol. The third kappa shape index (κ3) is 2.62. The van der Waals surface area contributed by atoms with Crippen LogP contribution in [0.15, 0.2) is 41.6 Å². The molecule has 1 aromatic rings. The molecule has 94 valence electrons. The van der Waals surface area contributed by atoms with Crippen LogP contribution >= 0.6 is 0 Å². The summed E-state index contributed by atoms with van der Waals surface area (Å²) < 4.78 is 0. The number of nitrogens with zero attached hydrogens (tertiary/aromatic N) is 2. The maximum Gasteiger partial charge on any atom is 0.106 e. The van der Waals surface area contributed by atoms with E-state index in [2.05, 4.69) is 46.5 Å². The van der Waals surface area contributed by atoms with Gasteiger partial charge in [0.05, 0.1) is 6.21 Å². The van der Waals surface area contributed by atoms with Gasteiger partial charge in [-0.05, 0) is 29.7 Å². The van der Waals surface area contributed by atoms with E-state index in [0.29, 0.717) is 0 Å². The standard InChI is InChI=1S/C15H18N2O/c1-17(2)14-8-9-15(12-6-4-5-7-12)13(10-14)11-16-18-3/h4-6,8-11H,7H2,1-3H3. The van der Waals surface area contributed by atoms with E-state index in [9.17, 15) is 0 Å². The molecule has 1 aromatic carbocycles. The van der Waals surface area contributed by atoms with Gasteiger partial charge in [0.2, 0.25) is 0 Å². The highest BCUT2D eigenvalue weighted by Crippen LogP contribution is 2.28. The number of anilines is 1. The van der Waals surface area contributed by atoms with Gasteiger partial charge in [-0.1, -0.05) is 29.5 Å². The zero-order valence-corrected chi connectivity index (χ0v) is 11.1. The number of allylic oxidation sites excluding steroid dienone is 4. The normalized spacial score (nSPS) is 14.1. The number of hydrogen-bond acceptors (Lipinski definition) is 3. The molecule has 0 amide bonds. The summed E-state index contributed by atoms with van der Waals surface area (Å²) in [5.41, 5.74) is 4.77. The Hall–Kier alpha value is -2.03. The summed E-state index contributed by atoms with van der Waals surface area (Å²) in [4.78, 5) is 6.86. The molecule has 0 saturated heterocycles. The molecular formula is C15H18N2O. The first-order valence-electron chi connectivity index (χ1n) is 5.96. The van der Waals surface area contributed by atoms with Crippen molar-refractivity contribution in [3.8, 4) is 0 Å². The molecule has 0 aliphatic heterocycles. The molecule has 0 fully saturated rings. The van der Waals surface area contributed by atoms with E-state index in [1.807, 2.05) is 14.1 Å². The summed E-state index contributed by atoms with van der Waals surface area (Å²) in [6.07, 6.45) is 9.14. The fraction of sp³-hybridized carbons (Fsp3) is 0.267. The Morgan fingerprint density at radius 3 is 2.78 bits per heavy atom. The van der Waals surface area contributed by atoms with Gasteiger partial charge in [0.1, 0.15) is 7.11 Å². The topological polar surface area (TPSA) is 24.8 Å². The predicted molar refractivity (Wildman–Crippen MR) is 77.1 cm³/mol. The van der Waals surface area contributed by atoms with Crippen molar-refractivity contribution in [2.45, 2.75) is 6.42 Å². The molecule has 0 bridgehead atoms. The largest absolute Gasteiger partial charge is 0.399 e. The summed E-state index contributed by atoms with van der Waals surface area (Å²) in [5, 5.41) is 3.88. The molecule has 0 aromatic heterocycles. The summed E-state index contributed by atoms with van der Waals surface area (Å²) in [6.45, 7) is 0. The average molecular weight is 242 g/mol. The SMILES string of the molecule is CON=Cc1cc(N(C)C)ccc1C1=CC=CC1. The summed E-state index contributed by atoms with van der Waals surface area (Å²) in [5.74, 6) is 0. The lowest BCUT2D eigenvalue weighted by molar-refractivity contribution is 0.215. The van der Waals surface area contributed by atoms with Gasteiger partial charge in [-0.3, -0.25) is 0 Å². The molecule has 0 N–H and O–H groups in total. The van der Waals surface area contributed by atoms with Crippen molar-refractivity contribution in [2.75, 3.05) is 26.1 Å². The highest BCUT2D eigenvalue weighted by atomic mass is 16.6. The smallest absolute Gasteiger partial charge is 0.106 e. The molecule has 3 heteroatoms. The van der Waals surface area contributed by atoms with E-state index in [0.717, 1.165) is 17.7 Å². The molecule has 2 rings (SSSR count). The number of benzene rings is 1. The van der Waals surface area contributed by atoms with E-state index in [4.69, 9.17) is 4.84 Å². The van der Waals surface area contributed by atoms with E-state index < -0.39 is 0 Å². The van der Waals surface area contributed by atoms with Crippen molar-refractivity contribution >= 4 is 17.5 Å². The summed E-state index contributed by atoms with van der Waals surface area (Å²) in [7, 11) is 5.62. The lowest BCUT2D eigenvalue weighted by Gasteiger charge is -2.15. The number of oxime groups is 1. The highest BCUT2D eigenvalue weighted by molar-refractivity contribution is 5.90. The Kier molecular flexibility index (Phi) is 3.82. The number of hydrogen-bond donors (Lipinski definition) is 0. The van der Waals surface area contributed by atoms with Gasteiger partial charge < -0.3 is 9.74 Å². The van der Waals surface area contributed by atoms with Crippen LogP contribution in [0.25, 0.3) is 5.57 Å². The highest BCUT2D eigenvalue weighted by Gasteiger charge is 2.09. The number of rotatable bonds is 4. The molecule has 0 spiro atoms. The van der Waals surface area contributed by atoms with Gasteiger partial charge in [-0.25, -0.2) is 0 Å². The van der Waals surface area contributed by atoms with E-state index in [1.54, 1.807) is 13.3 Å². The average Bonchev–Trinajstić information content (AvgIpc) is 2.89. The quantitative estimate of drug-likeness (QED) is 0.598. The third-order valence-corrected chi connectivity index (χ3v) is 2.97. The lowest BCUT2D eigenvalue weighted by atomic mass is 9.99. The lowest BCUT2D eigenvalue weighted by Crippen LogP contribution is -2.09. The Morgan fingerprint density at radius 1 is 1.33 bits per heavy atom. The van der Waals surface area contributed by atoms with Crippen LogP contribution in [-0.4, -0.2) is 27.4 Å². The van der Waals surface area contributed by atoms with Crippen molar-refractivity contribution in [1.29, 1.82) is 0 Å². The molecule has 0 radical (unpaired) electrons. The van der Waals surface area contributed by atoms with Gasteiger partial charge in [0, 0.05) is 25.3 Å². The van der Waals surface area contributed by atoms with Crippen LogP contribution in [0.3, 0.4) is 0 Å². The summed E-state index contributed by atoms with van der Waals surface area (Å²) >= 11 is 0. The zero-order chi connectivity index (χ0) is 13.0. The Morgan fingerprint density at radius 2 is 2.17 bits per heavy atom. The van der Waals surface area contributed by atoms with Crippen molar-refractivity contribution in [3.05, 3.63) is 47.6 Å². The van der Waals surface area contributed by atoms with Gasteiger partial charge >= 0.3 is 0 Å². The maximum absolute atomic E-state index is 4.78. The van der Waals surface area contributed by atoms with Crippen molar-refractivity contribution < 1.29 is 4.84 Å². The minimum Gasteiger partial charge on any atom is -0.399 e. The first kappa shape index (κ1) is 12.4. The van der Waals surface area contributed by atoms with Crippen molar-refractivity contribution in [3.63, 3.8) is 0 Å². The van der Waals surface area contributed by atoms with Crippen LogP contribution in [0, 0.1) is 0 Å². The molecule has 0 heterocycles. The van der Waals surface area contributed by atoms with Crippen LogP contribution in [-0.2, 0) is 4.84 Å². The van der Waals surface area contributed by atoms with Crippen LogP contribution in [0.5, 0.6) is 0 Å². The minimum absolute atomic E-state index is 0.981. The van der Waals surface area contributed by atoms with Gasteiger partial charge in [-0.15, -0.1) is 0 Å². The maximum atomic E-state index is 4.78. The van der Waals surface area contributed by atoms with Crippen molar-refractivity contribution in [2.24, 2.45) is 5.16 Å². The second kappa shape index (κ2) is 5.54. The minimum atomic E-state index is 0.981. The van der Waals surface area contributed by atoms with Crippen LogP contribution < -0.4 is 4.90 Å². The van der Waals surface area contributed by atoms with Gasteiger partial charge in [0.25, 0.3) is 0 Å². The fourth-order valence-electron chi connectivity index (χ4n) is 1.98. The van der Waals surface area contributed by atoms with Crippen LogP contribution in [0.2, 0.25) is 0 Å². The fourth-order valence-corrected chi connectivity index (χ4v) is 1.98. The molecule has 3 nitrogen and oxygen atoms in total. The first-order valence-corrected chi connectivity index (χ1v) is 5.96.